The summed E-state index contributed by atoms with van der Waals surface area (Å²) >= 11 is 0. The van der Waals surface area contributed by atoms with Crippen molar-refractivity contribution < 1.29 is 9.18 Å². The van der Waals surface area contributed by atoms with Crippen LogP contribution in [-0.2, 0) is 10.2 Å². The second-order valence-corrected chi connectivity index (χ2v) is 6.15. The van der Waals surface area contributed by atoms with E-state index in [9.17, 15) is 9.18 Å². The maximum Gasteiger partial charge on any atom is 0.236 e. The number of benzene rings is 1. The fourth-order valence-corrected chi connectivity index (χ4v) is 2.87. The highest BCUT2D eigenvalue weighted by Gasteiger charge is 2.52. The molecule has 7 heteroatoms. The molecule has 0 aliphatic heterocycles. The minimum absolute atomic E-state index is 0.233. The van der Waals surface area contributed by atoms with Gasteiger partial charge in [0.2, 0.25) is 5.91 Å². The Bertz CT molecular complexity index is 931. The highest BCUT2D eigenvalue weighted by Crippen LogP contribution is 2.49. The maximum absolute atomic E-state index is 14.1. The van der Waals surface area contributed by atoms with Crippen LogP contribution >= 0.6 is 0 Å². The average molecular weight is 337 g/mol. The van der Waals surface area contributed by atoms with Crippen molar-refractivity contribution >= 4 is 11.7 Å². The molecule has 4 rings (SSSR count). The van der Waals surface area contributed by atoms with Crippen LogP contribution in [0.5, 0.6) is 0 Å². The molecule has 2 aromatic heterocycles. The highest BCUT2D eigenvalue weighted by atomic mass is 19.1. The molecule has 1 amide bonds. The summed E-state index contributed by atoms with van der Waals surface area (Å²) in [5.74, 6) is 0.499. The van der Waals surface area contributed by atoms with E-state index in [1.165, 1.54) is 6.07 Å². The first-order chi connectivity index (χ1) is 12.1. The van der Waals surface area contributed by atoms with Crippen LogP contribution < -0.4 is 5.32 Å². The van der Waals surface area contributed by atoms with Crippen LogP contribution in [0.2, 0.25) is 0 Å². The summed E-state index contributed by atoms with van der Waals surface area (Å²) in [6.07, 6.45) is 6.29. The molecule has 25 heavy (non-hydrogen) atoms. The van der Waals surface area contributed by atoms with E-state index in [2.05, 4.69) is 20.4 Å². The fraction of sp³-hybridized carbons (Fsp3) is 0.222. The average Bonchev–Trinajstić information content (AvgIpc) is 3.29. The van der Waals surface area contributed by atoms with Gasteiger partial charge in [0.25, 0.3) is 0 Å². The van der Waals surface area contributed by atoms with E-state index in [0.717, 1.165) is 0 Å². The Balaban J connectivity index is 1.54. The van der Waals surface area contributed by atoms with Gasteiger partial charge >= 0.3 is 0 Å². The molecule has 0 bridgehead atoms. The van der Waals surface area contributed by atoms with Gasteiger partial charge in [-0.05, 0) is 25.8 Å². The number of nitrogens with one attached hydrogen (secondary N) is 1. The molecule has 0 saturated heterocycles. The lowest BCUT2D eigenvalue weighted by molar-refractivity contribution is -0.118. The number of hydrogen-bond acceptors (Lipinski definition) is 4. The van der Waals surface area contributed by atoms with Gasteiger partial charge in [-0.3, -0.25) is 4.79 Å². The van der Waals surface area contributed by atoms with E-state index in [-0.39, 0.29) is 11.7 Å². The Hall–Kier alpha value is -3.09. The van der Waals surface area contributed by atoms with E-state index in [1.807, 2.05) is 0 Å². The standard InChI is InChI=1S/C18H16FN5O/c1-12-20-10-13(11-21-12)24-9-6-16(23-24)22-17(25)18(7-8-18)14-4-2-3-5-15(14)19/h2-6,9-11H,7-8H2,1H3,(H,22,23,25). The summed E-state index contributed by atoms with van der Waals surface area (Å²) in [6.45, 7) is 1.80. The maximum atomic E-state index is 14.1. The Kier molecular flexibility index (Phi) is 3.56. The summed E-state index contributed by atoms with van der Waals surface area (Å²) in [4.78, 5) is 20.9. The van der Waals surface area contributed by atoms with E-state index in [1.54, 1.807) is 54.5 Å². The molecule has 1 aromatic carbocycles. The first kappa shape index (κ1) is 15.4. The summed E-state index contributed by atoms with van der Waals surface area (Å²) in [6, 6.07) is 8.12. The van der Waals surface area contributed by atoms with E-state index in [4.69, 9.17) is 0 Å². The van der Waals surface area contributed by atoms with E-state index < -0.39 is 5.41 Å². The van der Waals surface area contributed by atoms with Gasteiger partial charge in [0.05, 0.1) is 17.8 Å². The number of aryl methyl sites for hydroxylation is 1. The molecule has 0 atom stereocenters. The molecule has 0 unspecified atom stereocenters. The largest absolute Gasteiger partial charge is 0.308 e. The summed E-state index contributed by atoms with van der Waals surface area (Å²) in [5.41, 5.74) is 0.349. The predicted octanol–water partition coefficient (Wildman–Crippen LogP) is 2.78. The van der Waals surface area contributed by atoms with Crippen molar-refractivity contribution in [2.45, 2.75) is 25.2 Å². The molecule has 3 aromatic rings. The van der Waals surface area contributed by atoms with Crippen molar-refractivity contribution in [2.75, 3.05) is 5.32 Å². The van der Waals surface area contributed by atoms with Gasteiger partial charge in [-0.15, -0.1) is 5.10 Å². The molecule has 6 nitrogen and oxygen atoms in total. The second kappa shape index (κ2) is 5.77. The number of amides is 1. The highest BCUT2D eigenvalue weighted by molar-refractivity contribution is 6.00. The number of nitrogens with zero attached hydrogens (tertiary/aromatic N) is 4. The fourth-order valence-electron chi connectivity index (χ4n) is 2.87. The molecular formula is C18H16FN5O. The number of halogens is 1. The number of carbonyl (C=O) groups excluding carboxylic acids is 1. The normalized spacial score (nSPS) is 15.0. The number of rotatable bonds is 4. The third-order valence-corrected chi connectivity index (χ3v) is 4.44. The lowest BCUT2D eigenvalue weighted by Gasteiger charge is -2.15. The van der Waals surface area contributed by atoms with Crippen LogP contribution in [0.1, 0.15) is 24.2 Å². The molecular weight excluding hydrogens is 321 g/mol. The molecule has 0 radical (unpaired) electrons. The number of aromatic nitrogens is 4. The molecule has 2 heterocycles. The van der Waals surface area contributed by atoms with Gasteiger partial charge in [0, 0.05) is 17.8 Å². The lowest BCUT2D eigenvalue weighted by atomic mass is 9.94. The molecule has 1 fully saturated rings. The van der Waals surface area contributed by atoms with Gasteiger partial charge in [0.15, 0.2) is 5.82 Å². The molecule has 1 aliphatic carbocycles. The van der Waals surface area contributed by atoms with Gasteiger partial charge < -0.3 is 5.32 Å². The Morgan fingerprint density at radius 1 is 1.20 bits per heavy atom. The zero-order valence-electron chi connectivity index (χ0n) is 13.6. The zero-order valence-corrected chi connectivity index (χ0v) is 13.6. The lowest BCUT2D eigenvalue weighted by Crippen LogP contribution is -2.29. The Morgan fingerprint density at radius 2 is 1.92 bits per heavy atom. The zero-order chi connectivity index (χ0) is 17.4. The molecule has 1 N–H and O–H groups in total. The topological polar surface area (TPSA) is 72.7 Å². The van der Waals surface area contributed by atoms with Crippen molar-refractivity contribution in [1.82, 2.24) is 19.7 Å². The smallest absolute Gasteiger partial charge is 0.236 e. The molecule has 1 saturated carbocycles. The van der Waals surface area contributed by atoms with Crippen molar-refractivity contribution in [3.8, 4) is 5.69 Å². The first-order valence-corrected chi connectivity index (χ1v) is 8.00. The van der Waals surface area contributed by atoms with Crippen molar-refractivity contribution in [1.29, 1.82) is 0 Å². The number of hydrogen-bond donors (Lipinski definition) is 1. The van der Waals surface area contributed by atoms with Crippen LogP contribution in [-0.4, -0.2) is 25.7 Å². The second-order valence-electron chi connectivity index (χ2n) is 6.15. The van der Waals surface area contributed by atoms with Crippen LogP contribution in [0.4, 0.5) is 10.2 Å². The van der Waals surface area contributed by atoms with Gasteiger partial charge in [-0.1, -0.05) is 18.2 Å². The van der Waals surface area contributed by atoms with Gasteiger partial charge in [-0.2, -0.15) is 0 Å². The molecule has 126 valence electrons. The molecule has 0 spiro atoms. The summed E-state index contributed by atoms with van der Waals surface area (Å²) < 4.78 is 15.6. The van der Waals surface area contributed by atoms with Gasteiger partial charge in [0.1, 0.15) is 17.3 Å². The van der Waals surface area contributed by atoms with Crippen LogP contribution in [0, 0.1) is 12.7 Å². The predicted molar refractivity (Wildman–Crippen MR) is 89.8 cm³/mol. The number of anilines is 1. The molecule has 1 aliphatic rings. The third-order valence-electron chi connectivity index (χ3n) is 4.44. The third kappa shape index (κ3) is 2.77. The minimum atomic E-state index is -0.790. The summed E-state index contributed by atoms with van der Waals surface area (Å²) in [7, 11) is 0. The Morgan fingerprint density at radius 3 is 2.60 bits per heavy atom. The van der Waals surface area contributed by atoms with Crippen LogP contribution in [0.15, 0.2) is 48.9 Å². The van der Waals surface area contributed by atoms with Crippen molar-refractivity contribution in [3.63, 3.8) is 0 Å². The van der Waals surface area contributed by atoms with Crippen molar-refractivity contribution in [3.05, 3.63) is 66.1 Å². The number of carbonyl (C=O) groups is 1. The first-order valence-electron chi connectivity index (χ1n) is 8.00. The Labute approximate surface area is 143 Å². The SMILES string of the molecule is Cc1ncc(-n2ccc(NC(=O)C3(c4ccccc4F)CC3)n2)cn1. The van der Waals surface area contributed by atoms with Crippen LogP contribution in [0.25, 0.3) is 5.69 Å². The van der Waals surface area contributed by atoms with Crippen LogP contribution in [0.3, 0.4) is 0 Å². The van der Waals surface area contributed by atoms with E-state index >= 15 is 0 Å². The summed E-state index contributed by atoms with van der Waals surface area (Å²) in [5, 5.41) is 7.11. The van der Waals surface area contributed by atoms with Gasteiger partial charge in [-0.25, -0.2) is 19.0 Å². The van der Waals surface area contributed by atoms with E-state index in [0.29, 0.717) is 35.7 Å². The van der Waals surface area contributed by atoms with Crippen molar-refractivity contribution in [2.24, 2.45) is 0 Å². The monoisotopic (exact) mass is 337 g/mol. The minimum Gasteiger partial charge on any atom is -0.308 e. The quantitative estimate of drug-likeness (QED) is 0.794.